The standard InChI is InChI=1S/C14H18N4O2S/c1-8-14(9(2)17-16-8)21(19,20)18-13-11-6-4-3-5-10(11)7-12(13)15/h3-6,12-13,18H,7,15H2,1-2H3,(H,16,17). The minimum atomic E-state index is -3.66. The van der Waals surface area contributed by atoms with Gasteiger partial charge in [0.25, 0.3) is 0 Å². The van der Waals surface area contributed by atoms with E-state index in [1.54, 1.807) is 13.8 Å². The average molecular weight is 306 g/mol. The number of sulfonamides is 1. The summed E-state index contributed by atoms with van der Waals surface area (Å²) in [6, 6.07) is 7.08. The Morgan fingerprint density at radius 1 is 1.33 bits per heavy atom. The van der Waals surface area contributed by atoms with Crippen molar-refractivity contribution in [1.29, 1.82) is 0 Å². The Bertz CT molecular complexity index is 763. The second-order valence-electron chi connectivity index (χ2n) is 5.43. The fourth-order valence-electron chi connectivity index (χ4n) is 2.94. The van der Waals surface area contributed by atoms with Crippen molar-refractivity contribution in [3.63, 3.8) is 0 Å². The number of nitrogens with zero attached hydrogens (tertiary/aromatic N) is 1. The van der Waals surface area contributed by atoms with Gasteiger partial charge >= 0.3 is 0 Å². The summed E-state index contributed by atoms with van der Waals surface area (Å²) < 4.78 is 28.0. The number of H-pyrrole nitrogens is 1. The molecule has 0 aliphatic heterocycles. The van der Waals surface area contributed by atoms with Crippen LogP contribution in [0.25, 0.3) is 0 Å². The highest BCUT2D eigenvalue weighted by Gasteiger charge is 2.34. The number of nitrogens with two attached hydrogens (primary N) is 1. The van der Waals surface area contributed by atoms with Crippen molar-refractivity contribution in [2.24, 2.45) is 5.73 Å². The summed E-state index contributed by atoms with van der Waals surface area (Å²) in [7, 11) is -3.66. The van der Waals surface area contributed by atoms with Gasteiger partial charge in [0.1, 0.15) is 4.90 Å². The van der Waals surface area contributed by atoms with Gasteiger partial charge in [-0.15, -0.1) is 0 Å². The van der Waals surface area contributed by atoms with Gasteiger partial charge in [0, 0.05) is 6.04 Å². The van der Waals surface area contributed by atoms with E-state index in [-0.39, 0.29) is 10.9 Å². The summed E-state index contributed by atoms with van der Waals surface area (Å²) in [5.74, 6) is 0. The predicted molar refractivity (Wildman–Crippen MR) is 79.2 cm³/mol. The van der Waals surface area contributed by atoms with Gasteiger partial charge in [-0.2, -0.15) is 5.10 Å². The van der Waals surface area contributed by atoms with Gasteiger partial charge in [-0.05, 0) is 31.4 Å². The molecule has 2 unspecified atom stereocenters. The monoisotopic (exact) mass is 306 g/mol. The molecule has 1 aromatic heterocycles. The first-order valence-corrected chi connectivity index (χ1v) is 8.26. The predicted octanol–water partition coefficient (Wildman–Crippen LogP) is 0.930. The molecule has 0 saturated heterocycles. The molecular formula is C14H18N4O2S. The molecule has 1 aromatic carbocycles. The maximum absolute atomic E-state index is 12.6. The number of fused-ring (bicyclic) bond motifs is 1. The minimum Gasteiger partial charge on any atom is -0.326 e. The third kappa shape index (κ3) is 2.37. The number of hydrogen-bond donors (Lipinski definition) is 3. The summed E-state index contributed by atoms with van der Waals surface area (Å²) in [5.41, 5.74) is 9.15. The molecular weight excluding hydrogens is 288 g/mol. The van der Waals surface area contributed by atoms with Crippen LogP contribution in [0.5, 0.6) is 0 Å². The molecule has 4 N–H and O–H groups in total. The molecule has 21 heavy (non-hydrogen) atoms. The van der Waals surface area contributed by atoms with Gasteiger partial charge in [0.15, 0.2) is 0 Å². The quantitative estimate of drug-likeness (QED) is 0.785. The second kappa shape index (κ2) is 4.94. The molecule has 2 atom stereocenters. The zero-order chi connectivity index (χ0) is 15.2. The number of nitrogens with one attached hydrogen (secondary N) is 2. The molecule has 6 nitrogen and oxygen atoms in total. The Morgan fingerprint density at radius 3 is 2.71 bits per heavy atom. The van der Waals surface area contributed by atoms with Crippen LogP contribution < -0.4 is 10.5 Å². The maximum atomic E-state index is 12.6. The van der Waals surface area contributed by atoms with Gasteiger partial charge in [-0.1, -0.05) is 24.3 Å². The first-order valence-electron chi connectivity index (χ1n) is 6.77. The number of benzene rings is 1. The molecule has 0 saturated carbocycles. The topological polar surface area (TPSA) is 101 Å². The van der Waals surface area contributed by atoms with Crippen molar-refractivity contribution in [2.45, 2.75) is 37.2 Å². The van der Waals surface area contributed by atoms with Crippen LogP contribution >= 0.6 is 0 Å². The van der Waals surface area contributed by atoms with E-state index in [1.165, 1.54) is 0 Å². The molecule has 112 valence electrons. The van der Waals surface area contributed by atoms with E-state index in [0.717, 1.165) is 11.1 Å². The summed E-state index contributed by atoms with van der Waals surface area (Å²) in [6.45, 7) is 3.36. The average Bonchev–Trinajstić information content (AvgIpc) is 2.91. The summed E-state index contributed by atoms with van der Waals surface area (Å²) in [4.78, 5) is 0.207. The smallest absolute Gasteiger partial charge is 0.244 e. The van der Waals surface area contributed by atoms with E-state index in [2.05, 4.69) is 14.9 Å². The Kier molecular flexibility index (Phi) is 3.35. The number of aromatic amines is 1. The molecule has 0 fully saturated rings. The van der Waals surface area contributed by atoms with E-state index in [0.29, 0.717) is 17.8 Å². The second-order valence-corrected chi connectivity index (χ2v) is 7.08. The highest BCUT2D eigenvalue weighted by Crippen LogP contribution is 2.32. The Balaban J connectivity index is 1.97. The van der Waals surface area contributed by atoms with Crippen molar-refractivity contribution in [1.82, 2.24) is 14.9 Å². The fraction of sp³-hybridized carbons (Fsp3) is 0.357. The van der Waals surface area contributed by atoms with Crippen LogP contribution in [0.3, 0.4) is 0 Å². The molecule has 0 bridgehead atoms. The number of aryl methyl sites for hydroxylation is 2. The number of hydrogen-bond acceptors (Lipinski definition) is 4. The van der Waals surface area contributed by atoms with Crippen LogP contribution in [0.2, 0.25) is 0 Å². The van der Waals surface area contributed by atoms with Crippen molar-refractivity contribution in [2.75, 3.05) is 0 Å². The molecule has 1 aliphatic rings. The van der Waals surface area contributed by atoms with Crippen molar-refractivity contribution in [3.05, 3.63) is 46.8 Å². The fourth-order valence-corrected chi connectivity index (χ4v) is 4.58. The van der Waals surface area contributed by atoms with E-state index in [4.69, 9.17) is 5.73 Å². The van der Waals surface area contributed by atoms with E-state index < -0.39 is 16.1 Å². The SMILES string of the molecule is Cc1n[nH]c(C)c1S(=O)(=O)NC1c2ccccc2CC1N. The van der Waals surface area contributed by atoms with Crippen molar-refractivity contribution >= 4 is 10.0 Å². The largest absolute Gasteiger partial charge is 0.326 e. The Morgan fingerprint density at radius 2 is 2.05 bits per heavy atom. The lowest BCUT2D eigenvalue weighted by Gasteiger charge is -2.18. The van der Waals surface area contributed by atoms with Crippen LogP contribution in [0.15, 0.2) is 29.2 Å². The van der Waals surface area contributed by atoms with Gasteiger partial charge in [-0.25, -0.2) is 13.1 Å². The van der Waals surface area contributed by atoms with E-state index in [1.807, 2.05) is 24.3 Å². The molecule has 3 rings (SSSR count). The molecule has 1 aliphatic carbocycles. The highest BCUT2D eigenvalue weighted by molar-refractivity contribution is 7.89. The molecule has 0 amide bonds. The van der Waals surface area contributed by atoms with Gasteiger partial charge in [-0.3, -0.25) is 5.10 Å². The zero-order valence-corrected chi connectivity index (χ0v) is 12.7. The molecule has 0 spiro atoms. The van der Waals surface area contributed by atoms with E-state index >= 15 is 0 Å². The van der Waals surface area contributed by atoms with Gasteiger partial charge in [0.2, 0.25) is 10.0 Å². The molecule has 7 heteroatoms. The lowest BCUT2D eigenvalue weighted by atomic mass is 10.1. The number of aromatic nitrogens is 2. The number of rotatable bonds is 3. The van der Waals surface area contributed by atoms with Gasteiger partial charge < -0.3 is 5.73 Å². The zero-order valence-electron chi connectivity index (χ0n) is 11.9. The van der Waals surface area contributed by atoms with Crippen LogP contribution in [-0.2, 0) is 16.4 Å². The Labute approximate surface area is 123 Å². The normalized spacial score (nSPS) is 21.5. The summed E-state index contributed by atoms with van der Waals surface area (Å²) in [5, 5.41) is 6.64. The van der Waals surface area contributed by atoms with Gasteiger partial charge in [0.05, 0.1) is 17.4 Å². The van der Waals surface area contributed by atoms with Crippen LogP contribution in [0.1, 0.15) is 28.6 Å². The minimum absolute atomic E-state index is 0.207. The third-order valence-electron chi connectivity index (χ3n) is 3.89. The highest BCUT2D eigenvalue weighted by atomic mass is 32.2. The lowest BCUT2D eigenvalue weighted by molar-refractivity contribution is 0.517. The maximum Gasteiger partial charge on any atom is 0.244 e. The van der Waals surface area contributed by atoms with Crippen LogP contribution in [0.4, 0.5) is 0 Å². The van der Waals surface area contributed by atoms with Crippen molar-refractivity contribution < 1.29 is 8.42 Å². The summed E-state index contributed by atoms with van der Waals surface area (Å²) >= 11 is 0. The molecule has 1 heterocycles. The van der Waals surface area contributed by atoms with Crippen LogP contribution in [-0.4, -0.2) is 24.7 Å². The molecule has 2 aromatic rings. The third-order valence-corrected chi connectivity index (χ3v) is 5.59. The first kappa shape index (κ1) is 14.2. The summed E-state index contributed by atoms with van der Waals surface area (Å²) in [6.07, 6.45) is 0.673. The van der Waals surface area contributed by atoms with E-state index in [9.17, 15) is 8.42 Å². The first-order chi connectivity index (χ1) is 9.90. The Hall–Kier alpha value is -1.70. The van der Waals surface area contributed by atoms with Crippen molar-refractivity contribution in [3.8, 4) is 0 Å². The lowest BCUT2D eigenvalue weighted by Crippen LogP contribution is -2.38. The molecule has 0 radical (unpaired) electrons. The van der Waals surface area contributed by atoms with Crippen LogP contribution in [0, 0.1) is 13.8 Å².